The molecule has 0 fully saturated rings. The van der Waals surface area contributed by atoms with Gasteiger partial charge in [0.1, 0.15) is 11.8 Å². The summed E-state index contributed by atoms with van der Waals surface area (Å²) in [6, 6.07) is 11.8. The number of para-hydroxylation sites is 2. The zero-order chi connectivity index (χ0) is 22.9. The third-order valence-electron chi connectivity index (χ3n) is 5.70. The van der Waals surface area contributed by atoms with E-state index in [0.29, 0.717) is 34.3 Å². The quantitative estimate of drug-likeness (QED) is 0.446. The zero-order valence-corrected chi connectivity index (χ0v) is 18.8. The third-order valence-corrected chi connectivity index (χ3v) is 6.56. The van der Waals surface area contributed by atoms with Crippen LogP contribution in [-0.2, 0) is 9.59 Å². The summed E-state index contributed by atoms with van der Waals surface area (Å²) < 4.78 is 5.74. The molecule has 0 radical (unpaired) electrons. The van der Waals surface area contributed by atoms with Crippen LogP contribution in [0.15, 0.2) is 74.4 Å². The second kappa shape index (κ2) is 8.74. The predicted molar refractivity (Wildman–Crippen MR) is 125 cm³/mol. The number of Topliss-reactive ketones (excluding diaryl/α,β-unsaturated/α-hetero) is 1. The highest BCUT2D eigenvalue weighted by Crippen LogP contribution is 2.45. The first-order chi connectivity index (χ1) is 16.0. The summed E-state index contributed by atoms with van der Waals surface area (Å²) in [6.07, 6.45) is 3.46. The molecule has 1 aliphatic heterocycles. The largest absolute Gasteiger partial charge is 0.467 e. The maximum atomic E-state index is 13.7. The first kappa shape index (κ1) is 21.3. The number of furan rings is 1. The Morgan fingerprint density at radius 2 is 2.06 bits per heavy atom. The van der Waals surface area contributed by atoms with Gasteiger partial charge in [-0.2, -0.15) is 0 Å². The Labute approximate surface area is 194 Å². The van der Waals surface area contributed by atoms with Crippen molar-refractivity contribution in [3.63, 3.8) is 0 Å². The lowest BCUT2D eigenvalue weighted by Gasteiger charge is -2.32. The number of benzene rings is 1. The normalized spacial score (nSPS) is 17.8. The van der Waals surface area contributed by atoms with Crippen molar-refractivity contribution in [2.45, 2.75) is 37.4 Å². The molecule has 1 unspecified atom stereocenters. The second-order valence-electron chi connectivity index (χ2n) is 7.97. The van der Waals surface area contributed by atoms with Gasteiger partial charge in [0, 0.05) is 29.5 Å². The average Bonchev–Trinajstić information content (AvgIpc) is 3.26. The van der Waals surface area contributed by atoms with Crippen LogP contribution in [0.5, 0.6) is 0 Å². The zero-order valence-electron chi connectivity index (χ0n) is 18.0. The molecule has 168 valence electrons. The standard InChI is InChI=1S/C24H22N4O4S/c1-14-12-20(30)27-24(25-14)33-13-21(31)28-17-8-3-2-6-15(17)26-16-7-4-9-18(29)22(16)23(28)19-10-5-11-32-19/h2-3,5-6,8,10-12,23,26H,4,7,9,13H2,1H3,(H,25,27,30). The van der Waals surface area contributed by atoms with E-state index in [1.807, 2.05) is 24.3 Å². The summed E-state index contributed by atoms with van der Waals surface area (Å²) in [7, 11) is 0. The van der Waals surface area contributed by atoms with Crippen LogP contribution in [0.2, 0.25) is 0 Å². The molecule has 9 heteroatoms. The summed E-state index contributed by atoms with van der Waals surface area (Å²) in [5, 5.41) is 3.79. The smallest absolute Gasteiger partial charge is 0.251 e. The number of thioether (sulfide) groups is 1. The SMILES string of the molecule is Cc1cc(=O)[nH]c(SCC(=O)N2c3ccccc3NC3=C(C(=O)CCC3)C2c2ccco2)n1. The number of ketones is 1. The van der Waals surface area contributed by atoms with Crippen LogP contribution < -0.4 is 15.8 Å². The number of aryl methyl sites for hydroxylation is 1. The van der Waals surface area contributed by atoms with Gasteiger partial charge in [-0.3, -0.25) is 19.3 Å². The Bertz CT molecular complexity index is 1310. The molecule has 0 saturated carbocycles. The van der Waals surface area contributed by atoms with Crippen molar-refractivity contribution in [2.24, 2.45) is 0 Å². The highest BCUT2D eigenvalue weighted by molar-refractivity contribution is 7.99. The maximum absolute atomic E-state index is 13.7. The molecular formula is C24H22N4O4S. The number of aromatic nitrogens is 2. The Kier molecular flexibility index (Phi) is 5.63. The number of nitrogens with one attached hydrogen (secondary N) is 2. The molecule has 0 saturated heterocycles. The fourth-order valence-corrected chi connectivity index (χ4v) is 5.13. The summed E-state index contributed by atoms with van der Waals surface area (Å²) in [6.45, 7) is 1.73. The first-order valence-corrected chi connectivity index (χ1v) is 11.7. The Morgan fingerprint density at radius 1 is 1.21 bits per heavy atom. The summed E-state index contributed by atoms with van der Waals surface area (Å²) in [5.74, 6) is 0.325. The molecule has 8 nitrogen and oxygen atoms in total. The molecule has 1 aromatic carbocycles. The minimum absolute atomic E-state index is 0.00749. The number of hydrogen-bond donors (Lipinski definition) is 2. The van der Waals surface area contributed by atoms with Crippen molar-refractivity contribution >= 4 is 34.8 Å². The third kappa shape index (κ3) is 4.11. The lowest BCUT2D eigenvalue weighted by molar-refractivity contribution is -0.117. The van der Waals surface area contributed by atoms with Gasteiger partial charge in [0.25, 0.3) is 5.56 Å². The number of amides is 1. The van der Waals surface area contributed by atoms with Crippen LogP contribution in [0.3, 0.4) is 0 Å². The lowest BCUT2D eigenvalue weighted by Crippen LogP contribution is -2.39. The van der Waals surface area contributed by atoms with E-state index in [0.717, 1.165) is 36.0 Å². The molecule has 5 rings (SSSR count). The van der Waals surface area contributed by atoms with Crippen molar-refractivity contribution in [2.75, 3.05) is 16.0 Å². The van der Waals surface area contributed by atoms with Gasteiger partial charge in [-0.05, 0) is 44.0 Å². The monoisotopic (exact) mass is 462 g/mol. The molecule has 3 heterocycles. The van der Waals surface area contributed by atoms with Gasteiger partial charge in [-0.25, -0.2) is 4.98 Å². The number of anilines is 2. The highest BCUT2D eigenvalue weighted by atomic mass is 32.2. The Hall–Kier alpha value is -3.59. The Balaban J connectivity index is 1.59. The summed E-state index contributed by atoms with van der Waals surface area (Å²) in [4.78, 5) is 47.2. The van der Waals surface area contributed by atoms with E-state index in [-0.39, 0.29) is 23.0 Å². The number of nitrogens with zero attached hydrogens (tertiary/aromatic N) is 2. The van der Waals surface area contributed by atoms with E-state index < -0.39 is 6.04 Å². The van der Waals surface area contributed by atoms with Crippen LogP contribution in [-0.4, -0.2) is 27.4 Å². The molecule has 1 atom stereocenters. The highest BCUT2D eigenvalue weighted by Gasteiger charge is 2.40. The van der Waals surface area contributed by atoms with Gasteiger partial charge in [0.05, 0.1) is 23.4 Å². The minimum atomic E-state index is -0.684. The van der Waals surface area contributed by atoms with Crippen LogP contribution in [0.1, 0.15) is 36.8 Å². The molecule has 2 aliphatic rings. The minimum Gasteiger partial charge on any atom is -0.467 e. The van der Waals surface area contributed by atoms with Crippen LogP contribution in [0, 0.1) is 6.92 Å². The van der Waals surface area contributed by atoms with Crippen LogP contribution in [0.4, 0.5) is 11.4 Å². The van der Waals surface area contributed by atoms with Crippen molar-refractivity contribution in [3.05, 3.63) is 81.8 Å². The molecular weight excluding hydrogens is 440 g/mol. The van der Waals surface area contributed by atoms with E-state index in [4.69, 9.17) is 4.42 Å². The van der Waals surface area contributed by atoms with Crippen molar-refractivity contribution < 1.29 is 14.0 Å². The first-order valence-electron chi connectivity index (χ1n) is 10.7. The number of rotatable bonds is 4. The number of allylic oxidation sites excluding steroid dienone is 1. The summed E-state index contributed by atoms with van der Waals surface area (Å²) >= 11 is 1.15. The topological polar surface area (TPSA) is 108 Å². The molecule has 0 bridgehead atoms. The van der Waals surface area contributed by atoms with Crippen molar-refractivity contribution in [1.29, 1.82) is 0 Å². The molecule has 2 N–H and O–H groups in total. The van der Waals surface area contributed by atoms with Gasteiger partial charge in [-0.1, -0.05) is 23.9 Å². The molecule has 33 heavy (non-hydrogen) atoms. The van der Waals surface area contributed by atoms with E-state index in [9.17, 15) is 14.4 Å². The number of carbonyl (C=O) groups excluding carboxylic acids is 2. The predicted octanol–water partition coefficient (Wildman–Crippen LogP) is 3.97. The van der Waals surface area contributed by atoms with Crippen LogP contribution in [0.25, 0.3) is 0 Å². The van der Waals surface area contributed by atoms with Crippen molar-refractivity contribution in [1.82, 2.24) is 9.97 Å². The molecule has 0 spiro atoms. The number of H-pyrrole nitrogens is 1. The molecule has 3 aromatic rings. The number of hydrogen-bond acceptors (Lipinski definition) is 7. The van der Waals surface area contributed by atoms with Gasteiger partial charge in [0.15, 0.2) is 10.9 Å². The van der Waals surface area contributed by atoms with E-state index in [1.165, 1.54) is 6.07 Å². The lowest BCUT2D eigenvalue weighted by atomic mass is 9.88. The van der Waals surface area contributed by atoms with E-state index in [1.54, 1.807) is 30.2 Å². The van der Waals surface area contributed by atoms with E-state index in [2.05, 4.69) is 15.3 Å². The van der Waals surface area contributed by atoms with E-state index >= 15 is 0 Å². The summed E-state index contributed by atoms with van der Waals surface area (Å²) in [5.41, 5.74) is 3.12. The molecule has 1 aliphatic carbocycles. The number of fused-ring (bicyclic) bond motifs is 1. The fourth-order valence-electron chi connectivity index (χ4n) is 4.35. The fraction of sp³-hybridized carbons (Fsp3) is 0.250. The van der Waals surface area contributed by atoms with Gasteiger partial charge in [0.2, 0.25) is 5.91 Å². The second-order valence-corrected chi connectivity index (χ2v) is 8.94. The van der Waals surface area contributed by atoms with Gasteiger partial charge < -0.3 is 14.7 Å². The van der Waals surface area contributed by atoms with Crippen LogP contribution >= 0.6 is 11.8 Å². The maximum Gasteiger partial charge on any atom is 0.251 e. The number of carbonyl (C=O) groups is 2. The molecule has 2 aromatic heterocycles. The Morgan fingerprint density at radius 3 is 2.85 bits per heavy atom. The van der Waals surface area contributed by atoms with Gasteiger partial charge >= 0.3 is 0 Å². The van der Waals surface area contributed by atoms with Gasteiger partial charge in [-0.15, -0.1) is 0 Å². The average molecular weight is 463 g/mol. The molecule has 1 amide bonds. The number of aromatic amines is 1. The van der Waals surface area contributed by atoms with Crippen molar-refractivity contribution in [3.8, 4) is 0 Å².